The van der Waals surface area contributed by atoms with E-state index in [0.717, 1.165) is 0 Å². The van der Waals surface area contributed by atoms with Gasteiger partial charge >= 0.3 is 0 Å². The van der Waals surface area contributed by atoms with E-state index in [1.807, 2.05) is 14.1 Å². The van der Waals surface area contributed by atoms with Gasteiger partial charge in [0.1, 0.15) is 0 Å². The van der Waals surface area contributed by atoms with Crippen molar-refractivity contribution in [1.82, 2.24) is 15.5 Å². The molecule has 0 aliphatic rings. The van der Waals surface area contributed by atoms with E-state index in [4.69, 9.17) is 10.8 Å². The third-order valence-electron chi connectivity index (χ3n) is 1.25. The van der Waals surface area contributed by atoms with Crippen LogP contribution in [0.3, 0.4) is 0 Å². The Kier molecular flexibility index (Phi) is 4.83. The third kappa shape index (κ3) is 5.52. The molecule has 0 rings (SSSR count). The molecule has 12 heavy (non-hydrogen) atoms. The summed E-state index contributed by atoms with van der Waals surface area (Å²) in [5.41, 5.74) is 0. The highest BCUT2D eigenvalue weighted by atomic mass is 15.2. The van der Waals surface area contributed by atoms with Gasteiger partial charge in [-0.25, -0.2) is 0 Å². The summed E-state index contributed by atoms with van der Waals surface area (Å²) in [6.45, 7) is 3.02. The van der Waals surface area contributed by atoms with Crippen molar-refractivity contribution in [2.45, 2.75) is 6.92 Å². The van der Waals surface area contributed by atoms with E-state index in [9.17, 15) is 0 Å². The number of rotatable bonds is 3. The van der Waals surface area contributed by atoms with Gasteiger partial charge in [-0.2, -0.15) is 0 Å². The van der Waals surface area contributed by atoms with E-state index in [-0.39, 0.29) is 0 Å². The standard InChI is InChI=1S/C7H17N5/c1-6(8)10-4-5-11-7(9)12(2)3/h4-5H2,1-3H3,(H2,8,10)(H2,9,11). The smallest absolute Gasteiger partial charge is 0.190 e. The molecule has 0 amide bonds. The second-order valence-corrected chi connectivity index (χ2v) is 2.72. The van der Waals surface area contributed by atoms with Gasteiger partial charge in [0.25, 0.3) is 0 Å². The largest absolute Gasteiger partial charge is 0.372 e. The topological polar surface area (TPSA) is 75.0 Å². The molecular weight excluding hydrogens is 154 g/mol. The fourth-order valence-corrected chi connectivity index (χ4v) is 0.589. The molecule has 4 N–H and O–H groups in total. The molecule has 0 heterocycles. The van der Waals surface area contributed by atoms with E-state index in [2.05, 4.69) is 10.6 Å². The SMILES string of the molecule is CC(=N)NCCNC(=N)N(C)C. The van der Waals surface area contributed by atoms with Crippen molar-refractivity contribution in [3.05, 3.63) is 0 Å². The average molecular weight is 171 g/mol. The van der Waals surface area contributed by atoms with Crippen molar-refractivity contribution in [3.8, 4) is 0 Å². The van der Waals surface area contributed by atoms with Crippen LogP contribution < -0.4 is 10.6 Å². The third-order valence-corrected chi connectivity index (χ3v) is 1.25. The summed E-state index contributed by atoms with van der Waals surface area (Å²) >= 11 is 0. The molecule has 5 nitrogen and oxygen atoms in total. The molecule has 0 saturated heterocycles. The van der Waals surface area contributed by atoms with Gasteiger partial charge in [-0.1, -0.05) is 0 Å². The molecule has 0 aromatic carbocycles. The zero-order chi connectivity index (χ0) is 9.56. The molecule has 0 aliphatic heterocycles. The highest BCUT2D eigenvalue weighted by Crippen LogP contribution is 1.72. The zero-order valence-corrected chi connectivity index (χ0v) is 7.86. The van der Waals surface area contributed by atoms with Crippen LogP contribution in [0.5, 0.6) is 0 Å². The lowest BCUT2D eigenvalue weighted by atomic mass is 10.5. The number of hydrogen-bond acceptors (Lipinski definition) is 2. The summed E-state index contributed by atoms with van der Waals surface area (Å²) < 4.78 is 0. The van der Waals surface area contributed by atoms with E-state index >= 15 is 0 Å². The minimum atomic E-state index is 0.388. The van der Waals surface area contributed by atoms with Gasteiger partial charge < -0.3 is 15.5 Å². The lowest BCUT2D eigenvalue weighted by molar-refractivity contribution is 0.578. The molecule has 0 aliphatic carbocycles. The van der Waals surface area contributed by atoms with Gasteiger partial charge in [0.2, 0.25) is 0 Å². The minimum absolute atomic E-state index is 0.388. The van der Waals surface area contributed by atoms with Crippen LogP contribution in [-0.4, -0.2) is 43.9 Å². The molecule has 0 aromatic rings. The second-order valence-electron chi connectivity index (χ2n) is 2.72. The lowest BCUT2D eigenvalue weighted by Crippen LogP contribution is -2.39. The van der Waals surface area contributed by atoms with Crippen molar-refractivity contribution in [2.75, 3.05) is 27.2 Å². The van der Waals surface area contributed by atoms with Crippen LogP contribution in [0.25, 0.3) is 0 Å². The Morgan fingerprint density at radius 1 is 1.17 bits per heavy atom. The summed E-state index contributed by atoms with van der Waals surface area (Å²) in [4.78, 5) is 1.69. The first kappa shape index (κ1) is 10.7. The number of nitrogens with zero attached hydrogens (tertiary/aromatic N) is 1. The highest BCUT2D eigenvalue weighted by molar-refractivity contribution is 5.77. The van der Waals surface area contributed by atoms with Crippen molar-refractivity contribution in [1.29, 1.82) is 10.8 Å². The van der Waals surface area contributed by atoms with Crippen molar-refractivity contribution >= 4 is 11.8 Å². The maximum atomic E-state index is 7.36. The summed E-state index contributed by atoms with van der Waals surface area (Å²) in [6.07, 6.45) is 0. The summed E-state index contributed by atoms with van der Waals surface area (Å²) in [5, 5.41) is 20.2. The molecule has 0 bridgehead atoms. The fourth-order valence-electron chi connectivity index (χ4n) is 0.589. The van der Waals surface area contributed by atoms with Gasteiger partial charge in [-0.15, -0.1) is 0 Å². The van der Waals surface area contributed by atoms with Crippen LogP contribution >= 0.6 is 0 Å². The lowest BCUT2D eigenvalue weighted by Gasteiger charge is -2.15. The predicted molar refractivity (Wildman–Crippen MR) is 50.8 cm³/mol. The maximum absolute atomic E-state index is 7.36. The van der Waals surface area contributed by atoms with Crippen LogP contribution in [0, 0.1) is 10.8 Å². The Labute approximate surface area is 73.2 Å². The summed E-state index contributed by atoms with van der Waals surface area (Å²) in [7, 11) is 3.62. The average Bonchev–Trinajstić information content (AvgIpc) is 1.97. The number of guanidine groups is 1. The summed E-state index contributed by atoms with van der Waals surface area (Å²) in [5.74, 6) is 0.840. The Bertz CT molecular complexity index is 163. The van der Waals surface area contributed by atoms with Crippen LogP contribution in [0.4, 0.5) is 0 Å². The Hall–Kier alpha value is -1.26. The molecule has 0 fully saturated rings. The van der Waals surface area contributed by atoms with E-state index in [0.29, 0.717) is 24.9 Å². The first-order valence-electron chi connectivity index (χ1n) is 3.83. The minimum Gasteiger partial charge on any atom is -0.372 e. The van der Waals surface area contributed by atoms with Gasteiger partial charge in [-0.05, 0) is 6.92 Å². The Balaban J connectivity index is 3.32. The van der Waals surface area contributed by atoms with Crippen molar-refractivity contribution in [2.24, 2.45) is 0 Å². The zero-order valence-electron chi connectivity index (χ0n) is 7.86. The van der Waals surface area contributed by atoms with E-state index in [1.54, 1.807) is 11.8 Å². The van der Waals surface area contributed by atoms with Crippen molar-refractivity contribution in [3.63, 3.8) is 0 Å². The molecule has 70 valence electrons. The summed E-state index contributed by atoms with van der Waals surface area (Å²) in [6, 6.07) is 0. The fraction of sp³-hybridized carbons (Fsp3) is 0.714. The van der Waals surface area contributed by atoms with Crippen molar-refractivity contribution < 1.29 is 0 Å². The number of nitrogens with one attached hydrogen (secondary N) is 4. The van der Waals surface area contributed by atoms with E-state index in [1.165, 1.54) is 0 Å². The number of amidine groups is 1. The molecule has 0 unspecified atom stereocenters. The van der Waals surface area contributed by atoms with Crippen LogP contribution in [0.15, 0.2) is 0 Å². The van der Waals surface area contributed by atoms with Gasteiger partial charge in [0, 0.05) is 27.2 Å². The molecule has 5 heteroatoms. The monoisotopic (exact) mass is 171 g/mol. The van der Waals surface area contributed by atoms with Crippen LogP contribution in [0.2, 0.25) is 0 Å². The Morgan fingerprint density at radius 3 is 2.08 bits per heavy atom. The first-order chi connectivity index (χ1) is 5.54. The van der Waals surface area contributed by atoms with Gasteiger partial charge in [0.05, 0.1) is 5.84 Å². The Morgan fingerprint density at radius 2 is 1.67 bits per heavy atom. The molecule has 0 spiro atoms. The molecular formula is C7H17N5. The normalized spacial score (nSPS) is 8.92. The molecule has 0 radical (unpaired) electrons. The second kappa shape index (κ2) is 5.40. The maximum Gasteiger partial charge on any atom is 0.190 e. The quantitative estimate of drug-likeness (QED) is 0.266. The van der Waals surface area contributed by atoms with Gasteiger partial charge in [-0.3, -0.25) is 10.8 Å². The highest BCUT2D eigenvalue weighted by Gasteiger charge is 1.95. The molecule has 0 atom stereocenters. The predicted octanol–water partition coefficient (Wildman–Crippen LogP) is -0.341. The number of hydrogen-bond donors (Lipinski definition) is 4. The van der Waals surface area contributed by atoms with Gasteiger partial charge in [0.15, 0.2) is 5.96 Å². The van der Waals surface area contributed by atoms with E-state index < -0.39 is 0 Å². The van der Waals surface area contributed by atoms with Crippen LogP contribution in [-0.2, 0) is 0 Å². The van der Waals surface area contributed by atoms with Crippen LogP contribution in [0.1, 0.15) is 6.92 Å². The first-order valence-corrected chi connectivity index (χ1v) is 3.83. The molecule has 0 aromatic heterocycles. The molecule has 0 saturated carbocycles.